The molecular formula is C18H25F2N7. The third kappa shape index (κ3) is 4.72. The van der Waals surface area contributed by atoms with Gasteiger partial charge in [0.05, 0.1) is 5.69 Å². The van der Waals surface area contributed by atoms with Gasteiger partial charge in [0.1, 0.15) is 23.8 Å². The maximum atomic E-state index is 14.0. The summed E-state index contributed by atoms with van der Waals surface area (Å²) in [5.41, 5.74) is 0.434. The third-order valence-corrected chi connectivity index (χ3v) is 4.66. The van der Waals surface area contributed by atoms with E-state index in [2.05, 4.69) is 25.8 Å². The van der Waals surface area contributed by atoms with Crippen molar-refractivity contribution in [2.45, 2.75) is 32.4 Å². The van der Waals surface area contributed by atoms with Crippen molar-refractivity contribution in [3.05, 3.63) is 42.0 Å². The number of rotatable bonds is 6. The van der Waals surface area contributed by atoms with Gasteiger partial charge in [0.15, 0.2) is 5.96 Å². The van der Waals surface area contributed by atoms with E-state index in [0.717, 1.165) is 31.3 Å². The van der Waals surface area contributed by atoms with Gasteiger partial charge in [-0.05, 0) is 18.6 Å². The Hall–Kier alpha value is -2.71. The fourth-order valence-electron chi connectivity index (χ4n) is 3.26. The van der Waals surface area contributed by atoms with Gasteiger partial charge in [0.25, 0.3) is 0 Å². The fourth-order valence-corrected chi connectivity index (χ4v) is 3.26. The monoisotopic (exact) mass is 377 g/mol. The van der Waals surface area contributed by atoms with Gasteiger partial charge in [0.2, 0.25) is 0 Å². The van der Waals surface area contributed by atoms with E-state index in [-0.39, 0.29) is 6.04 Å². The normalized spacial score (nSPS) is 17.4. The summed E-state index contributed by atoms with van der Waals surface area (Å²) in [5, 5.41) is 14.6. The first-order chi connectivity index (χ1) is 13.1. The van der Waals surface area contributed by atoms with Crippen LogP contribution < -0.4 is 15.5 Å². The van der Waals surface area contributed by atoms with Crippen LogP contribution in [0, 0.1) is 11.6 Å². The smallest absolute Gasteiger partial charge is 0.191 e. The van der Waals surface area contributed by atoms with Crippen molar-refractivity contribution < 1.29 is 8.78 Å². The lowest BCUT2D eigenvalue weighted by molar-refractivity contribution is 0.580. The van der Waals surface area contributed by atoms with Crippen LogP contribution in [0.25, 0.3) is 0 Å². The number of hydrogen-bond donors (Lipinski definition) is 2. The average molecular weight is 377 g/mol. The van der Waals surface area contributed by atoms with Crippen molar-refractivity contribution in [1.82, 2.24) is 25.4 Å². The van der Waals surface area contributed by atoms with Crippen molar-refractivity contribution >= 4 is 11.6 Å². The van der Waals surface area contributed by atoms with Crippen LogP contribution in [0.3, 0.4) is 0 Å². The molecule has 2 heterocycles. The van der Waals surface area contributed by atoms with Crippen LogP contribution in [-0.2, 0) is 13.0 Å². The molecule has 2 N–H and O–H groups in total. The Bertz CT molecular complexity index is 790. The van der Waals surface area contributed by atoms with Crippen molar-refractivity contribution in [1.29, 1.82) is 0 Å². The summed E-state index contributed by atoms with van der Waals surface area (Å²) in [6.45, 7) is 4.82. The molecular weight excluding hydrogens is 352 g/mol. The molecule has 1 aromatic carbocycles. The highest BCUT2D eigenvalue weighted by Gasteiger charge is 2.25. The Morgan fingerprint density at radius 3 is 2.96 bits per heavy atom. The highest BCUT2D eigenvalue weighted by molar-refractivity contribution is 5.80. The van der Waals surface area contributed by atoms with Crippen LogP contribution >= 0.6 is 0 Å². The molecule has 0 bridgehead atoms. The number of nitrogens with zero attached hydrogens (tertiary/aromatic N) is 5. The van der Waals surface area contributed by atoms with Gasteiger partial charge in [-0.3, -0.25) is 4.99 Å². The maximum absolute atomic E-state index is 14.0. The second kappa shape index (κ2) is 8.79. The molecule has 1 aromatic heterocycles. The number of halogens is 2. The first-order valence-corrected chi connectivity index (χ1v) is 9.14. The summed E-state index contributed by atoms with van der Waals surface area (Å²) in [6, 6.07) is 3.84. The molecule has 0 spiro atoms. The predicted molar refractivity (Wildman–Crippen MR) is 101 cm³/mol. The van der Waals surface area contributed by atoms with Crippen molar-refractivity contribution in [3.8, 4) is 0 Å². The molecule has 2 aromatic rings. The minimum absolute atomic E-state index is 0.141. The van der Waals surface area contributed by atoms with Crippen LogP contribution in [0.15, 0.2) is 29.5 Å². The van der Waals surface area contributed by atoms with Gasteiger partial charge in [-0.2, -0.15) is 0 Å². The summed E-state index contributed by atoms with van der Waals surface area (Å²) in [7, 11) is 1.72. The van der Waals surface area contributed by atoms with Gasteiger partial charge in [-0.1, -0.05) is 6.92 Å². The molecule has 27 heavy (non-hydrogen) atoms. The topological polar surface area (TPSA) is 70.4 Å². The molecule has 1 aliphatic heterocycles. The standard InChI is InChI=1S/C18H25F2N7/c1-3-17-25-23-12-27(17)9-7-22-18(21-2)24-14-6-8-26(11-14)16-5-4-13(19)10-15(16)20/h4-5,10,12,14H,3,6-9,11H2,1-2H3,(H2,21,22,24). The Balaban J connectivity index is 1.49. The quantitative estimate of drug-likeness (QED) is 0.591. The summed E-state index contributed by atoms with van der Waals surface area (Å²) < 4.78 is 29.1. The lowest BCUT2D eigenvalue weighted by atomic mass is 10.2. The Kier molecular flexibility index (Phi) is 6.20. The van der Waals surface area contributed by atoms with Crippen LogP contribution in [0.4, 0.5) is 14.5 Å². The molecule has 3 rings (SSSR count). The Labute approximate surface area is 157 Å². The molecule has 146 valence electrons. The van der Waals surface area contributed by atoms with Gasteiger partial charge in [-0.15, -0.1) is 10.2 Å². The van der Waals surface area contributed by atoms with E-state index in [0.29, 0.717) is 31.3 Å². The van der Waals surface area contributed by atoms with Crippen LogP contribution in [0.5, 0.6) is 0 Å². The minimum Gasteiger partial charge on any atom is -0.367 e. The summed E-state index contributed by atoms with van der Waals surface area (Å²) in [6.07, 6.45) is 3.41. The average Bonchev–Trinajstić information content (AvgIpc) is 3.30. The van der Waals surface area contributed by atoms with Gasteiger partial charge in [0, 0.05) is 51.8 Å². The lowest BCUT2D eigenvalue weighted by Gasteiger charge is -2.21. The van der Waals surface area contributed by atoms with E-state index < -0.39 is 11.6 Å². The number of nitrogens with one attached hydrogen (secondary N) is 2. The van der Waals surface area contributed by atoms with Gasteiger partial charge in [-0.25, -0.2) is 8.78 Å². The zero-order valence-electron chi connectivity index (χ0n) is 15.6. The number of guanidine groups is 1. The van der Waals surface area contributed by atoms with E-state index in [1.807, 2.05) is 16.4 Å². The molecule has 7 nitrogen and oxygen atoms in total. The molecule has 9 heteroatoms. The summed E-state index contributed by atoms with van der Waals surface area (Å²) in [5.74, 6) is 0.563. The van der Waals surface area contributed by atoms with Crippen molar-refractivity contribution in [2.24, 2.45) is 4.99 Å². The highest BCUT2D eigenvalue weighted by atomic mass is 19.1. The molecule has 1 atom stereocenters. The molecule has 0 radical (unpaired) electrons. The van der Waals surface area contributed by atoms with E-state index in [1.165, 1.54) is 12.1 Å². The Morgan fingerprint density at radius 1 is 1.37 bits per heavy atom. The van der Waals surface area contributed by atoms with Crippen LogP contribution in [0.1, 0.15) is 19.2 Å². The van der Waals surface area contributed by atoms with E-state index in [4.69, 9.17) is 0 Å². The summed E-state index contributed by atoms with van der Waals surface area (Å²) >= 11 is 0. The second-order valence-corrected chi connectivity index (χ2v) is 6.46. The highest BCUT2D eigenvalue weighted by Crippen LogP contribution is 2.24. The molecule has 1 saturated heterocycles. The SMILES string of the molecule is CCc1nncn1CCNC(=NC)NC1CCN(c2ccc(F)cc2F)C1. The molecule has 0 aliphatic carbocycles. The number of aryl methyl sites for hydroxylation is 1. The van der Waals surface area contributed by atoms with Crippen molar-refractivity contribution in [3.63, 3.8) is 0 Å². The van der Waals surface area contributed by atoms with Gasteiger partial charge < -0.3 is 20.1 Å². The largest absolute Gasteiger partial charge is 0.367 e. The second-order valence-electron chi connectivity index (χ2n) is 6.46. The van der Waals surface area contributed by atoms with E-state index in [1.54, 1.807) is 13.4 Å². The maximum Gasteiger partial charge on any atom is 0.191 e. The minimum atomic E-state index is -0.561. The zero-order chi connectivity index (χ0) is 19.2. The van der Waals surface area contributed by atoms with E-state index in [9.17, 15) is 8.78 Å². The Morgan fingerprint density at radius 2 is 2.22 bits per heavy atom. The number of anilines is 1. The number of aromatic nitrogens is 3. The number of aliphatic imine (C=N–C) groups is 1. The van der Waals surface area contributed by atoms with E-state index >= 15 is 0 Å². The molecule has 1 unspecified atom stereocenters. The van der Waals surface area contributed by atoms with Gasteiger partial charge >= 0.3 is 0 Å². The molecule has 0 saturated carbocycles. The summed E-state index contributed by atoms with van der Waals surface area (Å²) in [4.78, 5) is 6.17. The lowest BCUT2D eigenvalue weighted by Crippen LogP contribution is -2.45. The number of benzene rings is 1. The van der Waals surface area contributed by atoms with Crippen LogP contribution in [-0.4, -0.2) is 53.4 Å². The molecule has 1 aliphatic rings. The van der Waals surface area contributed by atoms with Crippen LogP contribution in [0.2, 0.25) is 0 Å². The van der Waals surface area contributed by atoms with Crippen molar-refractivity contribution in [2.75, 3.05) is 31.6 Å². The fraction of sp³-hybridized carbons (Fsp3) is 0.500. The number of hydrogen-bond acceptors (Lipinski definition) is 4. The zero-order valence-corrected chi connectivity index (χ0v) is 15.6. The first-order valence-electron chi connectivity index (χ1n) is 9.14. The first kappa shape index (κ1) is 19.1. The third-order valence-electron chi connectivity index (χ3n) is 4.66. The predicted octanol–water partition coefficient (Wildman–Crippen LogP) is 1.56. The molecule has 0 amide bonds. The molecule has 1 fully saturated rings.